The van der Waals surface area contributed by atoms with E-state index < -0.39 is 21.3 Å². The molecule has 298 valence electrons. The quantitative estimate of drug-likeness (QED) is 0.193. The van der Waals surface area contributed by atoms with Crippen molar-refractivity contribution in [1.82, 2.24) is 0 Å². The van der Waals surface area contributed by atoms with Crippen molar-refractivity contribution in [2.24, 2.45) is 11.3 Å². The first-order chi connectivity index (χ1) is 24.8. The molecule has 0 aromatic heterocycles. The molecule has 0 fully saturated rings. The summed E-state index contributed by atoms with van der Waals surface area (Å²) >= 11 is -3.02. The van der Waals surface area contributed by atoms with E-state index >= 15 is 0 Å². The Morgan fingerprint density at radius 2 is 0.804 bits per heavy atom. The zero-order chi connectivity index (χ0) is 39.9. The molecule has 6 rings (SSSR count). The normalized spacial score (nSPS) is 16.0. The molecule has 0 nitrogen and oxygen atoms in total. The topological polar surface area (TPSA) is 0 Å². The zero-order valence-electron chi connectivity index (χ0n) is 37.6. The minimum Gasteiger partial charge on any atom is -1.00 e. The number of benzene rings is 4. The third kappa shape index (κ3) is 8.97. The Kier molecular flexibility index (Phi) is 13.3. The van der Waals surface area contributed by atoms with Gasteiger partial charge in [0.05, 0.1) is 0 Å². The van der Waals surface area contributed by atoms with E-state index in [1.807, 2.05) is 0 Å². The minimum atomic E-state index is -3.02. The number of hydrogen-bond donors (Lipinski definition) is 0. The van der Waals surface area contributed by atoms with Crippen LogP contribution in [0.25, 0.3) is 11.1 Å². The van der Waals surface area contributed by atoms with Gasteiger partial charge in [-0.2, -0.15) is 0 Å². The molecule has 0 heterocycles. The van der Waals surface area contributed by atoms with Crippen molar-refractivity contribution < 1.29 is 46.1 Å². The number of halogens is 2. The molecule has 56 heavy (non-hydrogen) atoms. The van der Waals surface area contributed by atoms with Crippen LogP contribution in [-0.4, -0.2) is 3.21 Å². The molecular formula is C53H68Cl2Zr. The summed E-state index contributed by atoms with van der Waals surface area (Å²) in [6, 6.07) is 34.7. The third-order valence-corrected chi connectivity index (χ3v) is 21.3. The van der Waals surface area contributed by atoms with Crippen LogP contribution in [0.1, 0.15) is 166 Å². The second-order valence-corrected chi connectivity index (χ2v) is 27.6. The van der Waals surface area contributed by atoms with Crippen molar-refractivity contribution in [3.63, 3.8) is 0 Å². The Balaban J connectivity index is 0.00000348. The summed E-state index contributed by atoms with van der Waals surface area (Å²) in [6.07, 6.45) is 2.64. The number of fused-ring (bicyclic) bond motifs is 3. The fourth-order valence-electron chi connectivity index (χ4n) is 8.88. The first-order valence-electron chi connectivity index (χ1n) is 20.5. The Morgan fingerprint density at radius 3 is 1.11 bits per heavy atom. The van der Waals surface area contributed by atoms with Crippen molar-refractivity contribution in [1.29, 1.82) is 0 Å². The molecule has 0 radical (unpaired) electrons. The molecule has 0 N–H and O–H groups in total. The molecule has 3 heteroatoms. The van der Waals surface area contributed by atoms with Crippen LogP contribution < -0.4 is 24.8 Å². The molecule has 2 aliphatic carbocycles. The number of rotatable bonds is 4. The molecule has 1 unspecified atom stereocenters. The monoisotopic (exact) mass is 864 g/mol. The van der Waals surface area contributed by atoms with Gasteiger partial charge >= 0.3 is 340 Å². The van der Waals surface area contributed by atoms with Gasteiger partial charge in [-0.3, -0.25) is 0 Å². The molecule has 4 aromatic rings. The van der Waals surface area contributed by atoms with Crippen molar-refractivity contribution in [3.8, 4) is 11.1 Å². The van der Waals surface area contributed by atoms with Gasteiger partial charge in [0.25, 0.3) is 0 Å². The molecule has 4 aromatic carbocycles. The van der Waals surface area contributed by atoms with Crippen LogP contribution >= 0.6 is 0 Å². The summed E-state index contributed by atoms with van der Waals surface area (Å²) < 4.78 is 3.76. The van der Waals surface area contributed by atoms with E-state index in [4.69, 9.17) is 0 Å². The first-order valence-corrected chi connectivity index (χ1v) is 24.4. The first kappa shape index (κ1) is 46.4. The predicted octanol–water partition coefficient (Wildman–Crippen LogP) is 8.74. The Morgan fingerprint density at radius 1 is 0.464 bits per heavy atom. The second kappa shape index (κ2) is 16.0. The SMILES string of the molecule is CC1=[C]([Zr+2](=[C](c2ccc(C(C)(C)C)cc2)c2ccc(C(C)(C)C)cc2)[CH]2c3ccc(C(C)(C)C)cc3-c3cc(C(C)(C)C)ccc32)C(C)C=C1C(C)(C)C.[Cl-].[Cl-]. The zero-order valence-corrected chi connectivity index (χ0v) is 41.5. The van der Waals surface area contributed by atoms with Crippen LogP contribution in [-0.2, 0) is 42.9 Å². The minimum absolute atomic E-state index is 0. The van der Waals surface area contributed by atoms with Gasteiger partial charge in [0, 0.05) is 0 Å². The maximum Gasteiger partial charge on any atom is -1.00 e. The summed E-state index contributed by atoms with van der Waals surface area (Å²) in [6.45, 7) is 40.3. The standard InChI is InChI=1S/C21H25.C21H26.C11H17.2ClH.Zr/c1-20(2,3)16-9-7-14-11-15-8-10-17(21(4,5)6)13-19(15)18(14)12-16;1-20(2,3)18-11-7-16(8-12-18)15-17-9-13-19(14-10-17)21(4,5)6;1-8-6-9(2)10(7-8)11(3,4)5;;;/h7-13H,1-6H3;7-14H,1-6H3;7-8H,1-5H3;2*1H;/q;;;;;+2/p-2. The van der Waals surface area contributed by atoms with Crippen LogP contribution in [0, 0.1) is 11.3 Å². The largest absolute Gasteiger partial charge is 1.00 e. The third-order valence-electron chi connectivity index (χ3n) is 12.2. The summed E-state index contributed by atoms with van der Waals surface area (Å²) in [5.41, 5.74) is 18.0. The van der Waals surface area contributed by atoms with E-state index in [-0.39, 0.29) is 51.9 Å². The van der Waals surface area contributed by atoms with Crippen molar-refractivity contribution in [2.45, 2.75) is 143 Å². The molecule has 0 amide bonds. The summed E-state index contributed by atoms with van der Waals surface area (Å²) in [7, 11) is 0. The number of allylic oxidation sites excluding steroid dienone is 4. The van der Waals surface area contributed by atoms with Gasteiger partial charge in [0.15, 0.2) is 0 Å². The van der Waals surface area contributed by atoms with Crippen molar-refractivity contribution in [2.75, 3.05) is 0 Å². The van der Waals surface area contributed by atoms with E-state index in [1.54, 1.807) is 28.8 Å². The average Bonchev–Trinajstić information content (AvgIpc) is 3.54. The molecule has 0 spiro atoms. The average molecular weight is 867 g/mol. The van der Waals surface area contributed by atoms with Gasteiger partial charge in [-0.25, -0.2) is 0 Å². The van der Waals surface area contributed by atoms with Gasteiger partial charge in [-0.15, -0.1) is 0 Å². The summed E-state index contributed by atoms with van der Waals surface area (Å²) in [5, 5.41) is 0. The van der Waals surface area contributed by atoms with Gasteiger partial charge in [0.1, 0.15) is 0 Å². The van der Waals surface area contributed by atoms with Crippen LogP contribution in [0.2, 0.25) is 0 Å². The molecular weight excluding hydrogens is 799 g/mol. The van der Waals surface area contributed by atoms with E-state index in [0.29, 0.717) is 9.54 Å². The maximum atomic E-state index is 2.64. The molecule has 0 saturated carbocycles. The second-order valence-electron chi connectivity index (χ2n) is 21.6. The van der Waals surface area contributed by atoms with Crippen molar-refractivity contribution in [3.05, 3.63) is 150 Å². The van der Waals surface area contributed by atoms with Gasteiger partial charge in [-0.1, -0.05) is 0 Å². The Hall–Kier alpha value is -2.31. The summed E-state index contributed by atoms with van der Waals surface area (Å²) in [4.78, 5) is 0. The van der Waals surface area contributed by atoms with E-state index in [1.165, 1.54) is 44.5 Å². The van der Waals surface area contributed by atoms with Gasteiger partial charge < -0.3 is 24.8 Å². The Bertz CT molecular complexity index is 2050. The fourth-order valence-corrected chi connectivity index (χ4v) is 18.9. The molecule has 0 bridgehead atoms. The Labute approximate surface area is 362 Å². The van der Waals surface area contributed by atoms with Crippen LogP contribution in [0.4, 0.5) is 0 Å². The van der Waals surface area contributed by atoms with Crippen LogP contribution in [0.15, 0.2) is 105 Å². The molecule has 0 saturated heterocycles. The molecule has 2 aliphatic rings. The van der Waals surface area contributed by atoms with Crippen LogP contribution in [0.5, 0.6) is 0 Å². The van der Waals surface area contributed by atoms with E-state index in [2.05, 4.69) is 209 Å². The fraction of sp³-hybridized carbons (Fsp3) is 0.453. The van der Waals surface area contributed by atoms with Gasteiger partial charge in [0.2, 0.25) is 0 Å². The van der Waals surface area contributed by atoms with Crippen LogP contribution in [0.3, 0.4) is 0 Å². The predicted molar refractivity (Wildman–Crippen MR) is 234 cm³/mol. The smallest absolute Gasteiger partial charge is 1.00 e. The van der Waals surface area contributed by atoms with E-state index in [9.17, 15) is 0 Å². The number of hydrogen-bond acceptors (Lipinski definition) is 0. The van der Waals surface area contributed by atoms with E-state index in [0.717, 1.165) is 0 Å². The van der Waals surface area contributed by atoms with Crippen molar-refractivity contribution >= 4 is 3.21 Å². The molecule has 0 aliphatic heterocycles. The maximum absolute atomic E-state index is 3.02. The molecule has 1 atom stereocenters. The summed E-state index contributed by atoms with van der Waals surface area (Å²) in [5.74, 6) is 0.404. The van der Waals surface area contributed by atoms with Gasteiger partial charge in [-0.05, 0) is 0 Å².